The van der Waals surface area contributed by atoms with Crippen LogP contribution in [0, 0.1) is 0 Å². The number of nitrogens with one attached hydrogen (secondary N) is 1. The third-order valence-corrected chi connectivity index (χ3v) is 5.87. The molecule has 31 heavy (non-hydrogen) atoms. The lowest BCUT2D eigenvalue weighted by atomic mass is 9.96. The molecule has 1 fully saturated rings. The van der Waals surface area contributed by atoms with E-state index in [0.717, 1.165) is 18.1 Å². The maximum absolute atomic E-state index is 12.6. The molecule has 1 aliphatic heterocycles. The van der Waals surface area contributed by atoms with E-state index in [4.69, 9.17) is 17.3 Å². The van der Waals surface area contributed by atoms with E-state index in [1.165, 1.54) is 11.1 Å². The molecule has 0 spiro atoms. The van der Waals surface area contributed by atoms with Crippen molar-refractivity contribution in [2.75, 3.05) is 32.7 Å². The number of piperazine rings is 1. The molecule has 3 N–H and O–H groups in total. The molecule has 1 aliphatic rings. The highest BCUT2D eigenvalue weighted by atomic mass is 35.5. The highest BCUT2D eigenvalue weighted by Gasteiger charge is 2.28. The Hall–Kier alpha value is -2.41. The Morgan fingerprint density at radius 2 is 1.61 bits per heavy atom. The van der Waals surface area contributed by atoms with Crippen LogP contribution < -0.4 is 11.1 Å². The van der Waals surface area contributed by atoms with Gasteiger partial charge in [0.15, 0.2) is 0 Å². The van der Waals surface area contributed by atoms with E-state index in [9.17, 15) is 9.59 Å². The highest BCUT2D eigenvalue weighted by Crippen LogP contribution is 2.30. The third kappa shape index (κ3) is 6.53. The fourth-order valence-electron chi connectivity index (χ4n) is 3.89. The fourth-order valence-corrected chi connectivity index (χ4v) is 4.02. The van der Waals surface area contributed by atoms with Crippen LogP contribution >= 0.6 is 11.6 Å². The Bertz CT molecular complexity index is 850. The van der Waals surface area contributed by atoms with Crippen LogP contribution in [-0.2, 0) is 9.59 Å². The molecule has 1 heterocycles. The van der Waals surface area contributed by atoms with Gasteiger partial charge in [-0.2, -0.15) is 0 Å². The van der Waals surface area contributed by atoms with Crippen LogP contribution in [0.1, 0.15) is 36.9 Å². The minimum Gasteiger partial charge on any atom is -0.355 e. The number of nitrogens with zero attached hydrogens (tertiary/aromatic N) is 2. The molecule has 0 bridgehead atoms. The van der Waals surface area contributed by atoms with Gasteiger partial charge in [-0.1, -0.05) is 54.1 Å². The largest absolute Gasteiger partial charge is 0.355 e. The summed E-state index contributed by atoms with van der Waals surface area (Å²) in [4.78, 5) is 28.4. The summed E-state index contributed by atoms with van der Waals surface area (Å²) in [7, 11) is 0. The fraction of sp³-hybridized carbons (Fsp3) is 0.417. The van der Waals surface area contributed by atoms with Crippen molar-refractivity contribution in [3.63, 3.8) is 0 Å². The molecule has 1 saturated heterocycles. The van der Waals surface area contributed by atoms with E-state index in [0.29, 0.717) is 32.5 Å². The first kappa shape index (κ1) is 23.3. The summed E-state index contributed by atoms with van der Waals surface area (Å²) < 4.78 is 0. The Kier molecular flexibility index (Phi) is 8.46. The number of halogens is 1. The molecule has 7 heteroatoms. The van der Waals surface area contributed by atoms with Gasteiger partial charge in [-0.05, 0) is 36.6 Å². The molecule has 3 rings (SSSR count). The summed E-state index contributed by atoms with van der Waals surface area (Å²) in [5, 5.41) is 3.48. The standard InChI is InChI=1S/C24H31ClN4O2/c1-18(26)24(31)27-13-5-8-22(30)28-14-16-29(17-15-28)23(19-6-3-2-4-7-19)20-9-11-21(25)12-10-20/h2-4,6-7,9-12,18,23H,5,8,13-17,26H2,1H3,(H,27,31). The molecular weight excluding hydrogens is 412 g/mol. The zero-order valence-electron chi connectivity index (χ0n) is 18.0. The summed E-state index contributed by atoms with van der Waals surface area (Å²) in [6.07, 6.45) is 1.05. The molecule has 2 aromatic carbocycles. The minimum absolute atomic E-state index is 0.129. The van der Waals surface area contributed by atoms with E-state index in [2.05, 4.69) is 46.6 Å². The van der Waals surface area contributed by atoms with Gasteiger partial charge in [0, 0.05) is 44.2 Å². The predicted molar refractivity (Wildman–Crippen MR) is 124 cm³/mol. The predicted octanol–water partition coefficient (Wildman–Crippen LogP) is 2.82. The minimum atomic E-state index is -0.526. The number of amides is 2. The molecule has 166 valence electrons. The van der Waals surface area contributed by atoms with Crippen molar-refractivity contribution in [2.24, 2.45) is 5.73 Å². The first-order valence-electron chi connectivity index (χ1n) is 10.8. The number of benzene rings is 2. The molecule has 0 aromatic heterocycles. The number of carbonyl (C=O) groups is 2. The molecule has 0 aliphatic carbocycles. The van der Waals surface area contributed by atoms with Gasteiger partial charge < -0.3 is 16.0 Å². The Morgan fingerprint density at radius 1 is 1.00 bits per heavy atom. The first-order chi connectivity index (χ1) is 15.0. The van der Waals surface area contributed by atoms with Gasteiger partial charge in [0.05, 0.1) is 12.1 Å². The Labute approximate surface area is 189 Å². The number of hydrogen-bond donors (Lipinski definition) is 2. The SMILES string of the molecule is CC(N)C(=O)NCCCC(=O)N1CCN(C(c2ccccc2)c2ccc(Cl)cc2)CC1. The molecule has 6 nitrogen and oxygen atoms in total. The second-order valence-electron chi connectivity index (χ2n) is 7.96. The van der Waals surface area contributed by atoms with Gasteiger partial charge in [0.2, 0.25) is 11.8 Å². The number of hydrogen-bond acceptors (Lipinski definition) is 4. The number of nitrogens with two attached hydrogens (primary N) is 1. The lowest BCUT2D eigenvalue weighted by molar-refractivity contribution is -0.133. The molecule has 2 atom stereocenters. The van der Waals surface area contributed by atoms with Crippen LogP contribution in [0.15, 0.2) is 54.6 Å². The van der Waals surface area contributed by atoms with Gasteiger partial charge in [0.1, 0.15) is 0 Å². The van der Waals surface area contributed by atoms with E-state index in [1.54, 1.807) is 6.92 Å². The van der Waals surface area contributed by atoms with Crippen molar-refractivity contribution in [2.45, 2.75) is 31.8 Å². The van der Waals surface area contributed by atoms with Crippen molar-refractivity contribution in [3.8, 4) is 0 Å². The van der Waals surface area contributed by atoms with E-state index in [-0.39, 0.29) is 17.9 Å². The molecule has 2 aromatic rings. The van der Waals surface area contributed by atoms with Crippen molar-refractivity contribution in [1.29, 1.82) is 0 Å². The number of carbonyl (C=O) groups excluding carboxylic acids is 2. The monoisotopic (exact) mass is 442 g/mol. The van der Waals surface area contributed by atoms with Crippen LogP contribution in [0.4, 0.5) is 0 Å². The average molecular weight is 443 g/mol. The van der Waals surface area contributed by atoms with Gasteiger partial charge >= 0.3 is 0 Å². The van der Waals surface area contributed by atoms with Gasteiger partial charge in [0.25, 0.3) is 0 Å². The maximum Gasteiger partial charge on any atom is 0.236 e. The first-order valence-corrected chi connectivity index (χ1v) is 11.2. The summed E-state index contributed by atoms with van der Waals surface area (Å²) in [5.41, 5.74) is 7.95. The highest BCUT2D eigenvalue weighted by molar-refractivity contribution is 6.30. The van der Waals surface area contributed by atoms with E-state index < -0.39 is 6.04 Å². The van der Waals surface area contributed by atoms with Gasteiger partial charge in [-0.15, -0.1) is 0 Å². The molecule has 2 amide bonds. The summed E-state index contributed by atoms with van der Waals surface area (Å²) >= 11 is 6.10. The van der Waals surface area contributed by atoms with Gasteiger partial charge in [-0.3, -0.25) is 14.5 Å². The summed E-state index contributed by atoms with van der Waals surface area (Å²) in [5.74, 6) is -0.0485. The van der Waals surface area contributed by atoms with Crippen LogP contribution in [-0.4, -0.2) is 60.4 Å². The molecular formula is C24H31ClN4O2. The zero-order valence-corrected chi connectivity index (χ0v) is 18.7. The average Bonchev–Trinajstić information content (AvgIpc) is 2.79. The van der Waals surface area contributed by atoms with Crippen LogP contribution in [0.3, 0.4) is 0 Å². The van der Waals surface area contributed by atoms with Crippen molar-refractivity contribution < 1.29 is 9.59 Å². The van der Waals surface area contributed by atoms with Crippen molar-refractivity contribution in [1.82, 2.24) is 15.1 Å². The maximum atomic E-state index is 12.6. The lowest BCUT2D eigenvalue weighted by Crippen LogP contribution is -2.50. The molecule has 2 unspecified atom stereocenters. The van der Waals surface area contributed by atoms with Crippen LogP contribution in [0.25, 0.3) is 0 Å². The van der Waals surface area contributed by atoms with Crippen molar-refractivity contribution in [3.05, 3.63) is 70.7 Å². The quantitative estimate of drug-likeness (QED) is 0.616. The summed E-state index contributed by atoms with van der Waals surface area (Å²) in [6.45, 7) is 5.11. The van der Waals surface area contributed by atoms with Crippen LogP contribution in [0.2, 0.25) is 5.02 Å². The number of rotatable bonds is 8. The molecule has 0 radical (unpaired) electrons. The summed E-state index contributed by atoms with van der Waals surface area (Å²) in [6, 6.07) is 18.0. The van der Waals surface area contributed by atoms with E-state index >= 15 is 0 Å². The topological polar surface area (TPSA) is 78.7 Å². The van der Waals surface area contributed by atoms with Gasteiger partial charge in [-0.25, -0.2) is 0 Å². The van der Waals surface area contributed by atoms with Crippen LogP contribution in [0.5, 0.6) is 0 Å². The second-order valence-corrected chi connectivity index (χ2v) is 8.40. The third-order valence-electron chi connectivity index (χ3n) is 5.61. The Morgan fingerprint density at radius 3 is 2.23 bits per heavy atom. The molecule has 0 saturated carbocycles. The zero-order chi connectivity index (χ0) is 22.2. The van der Waals surface area contributed by atoms with E-state index in [1.807, 2.05) is 23.1 Å². The van der Waals surface area contributed by atoms with Crippen molar-refractivity contribution >= 4 is 23.4 Å². The lowest BCUT2D eigenvalue weighted by Gasteiger charge is -2.40. The second kappa shape index (κ2) is 11.3. The Balaban J connectivity index is 1.56. The normalized spacial score (nSPS) is 16.5. The smallest absolute Gasteiger partial charge is 0.236 e.